The molecule has 0 saturated heterocycles. The molecule has 2 N–H and O–H groups in total. The molecule has 1 aliphatic heterocycles. The van der Waals surface area contributed by atoms with Crippen LogP contribution < -0.4 is 10.6 Å². The normalized spacial score (nSPS) is 13.8. The molecule has 8 heteroatoms. The summed E-state index contributed by atoms with van der Waals surface area (Å²) in [6.45, 7) is 2.23. The van der Waals surface area contributed by atoms with Crippen LogP contribution >= 0.6 is 35.6 Å². The molecular weight excluding hydrogens is 439 g/mol. The highest BCUT2D eigenvalue weighted by Crippen LogP contribution is 2.15. The fourth-order valence-corrected chi connectivity index (χ4v) is 2.91. The zero-order chi connectivity index (χ0) is 16.1. The molecule has 24 heavy (non-hydrogen) atoms. The maximum absolute atomic E-state index is 6.17. The van der Waals surface area contributed by atoms with E-state index in [1.54, 1.807) is 7.05 Å². The minimum absolute atomic E-state index is 0. The highest BCUT2D eigenvalue weighted by atomic mass is 127. The highest BCUT2D eigenvalue weighted by molar-refractivity contribution is 14.0. The van der Waals surface area contributed by atoms with E-state index in [1.807, 2.05) is 24.3 Å². The molecule has 0 bridgehead atoms. The maximum atomic E-state index is 6.17. The van der Waals surface area contributed by atoms with Crippen LogP contribution in [0.3, 0.4) is 0 Å². The Hall–Kier alpha value is -1.35. The van der Waals surface area contributed by atoms with Crippen molar-refractivity contribution in [1.82, 2.24) is 25.4 Å². The summed E-state index contributed by atoms with van der Waals surface area (Å²) in [6.07, 6.45) is 3.41. The van der Waals surface area contributed by atoms with E-state index in [0.717, 1.165) is 41.2 Å². The minimum atomic E-state index is 0. The van der Waals surface area contributed by atoms with Gasteiger partial charge in [0.05, 0.1) is 6.54 Å². The molecule has 0 spiro atoms. The smallest absolute Gasteiger partial charge is 0.191 e. The Labute approximate surface area is 164 Å². The van der Waals surface area contributed by atoms with Crippen LogP contribution in [0.2, 0.25) is 5.02 Å². The van der Waals surface area contributed by atoms with Gasteiger partial charge in [0.25, 0.3) is 0 Å². The van der Waals surface area contributed by atoms with E-state index in [2.05, 4.69) is 30.4 Å². The summed E-state index contributed by atoms with van der Waals surface area (Å²) in [5, 5.41) is 15.8. The van der Waals surface area contributed by atoms with Gasteiger partial charge in [-0.3, -0.25) is 4.99 Å². The van der Waals surface area contributed by atoms with E-state index in [-0.39, 0.29) is 24.0 Å². The third-order valence-corrected chi connectivity index (χ3v) is 4.35. The first-order chi connectivity index (χ1) is 11.3. The lowest BCUT2D eigenvalue weighted by Crippen LogP contribution is -2.37. The van der Waals surface area contributed by atoms with E-state index in [1.165, 1.54) is 12.8 Å². The van der Waals surface area contributed by atoms with Crippen molar-refractivity contribution in [2.75, 3.05) is 7.05 Å². The molecule has 1 aromatic heterocycles. The first-order valence-electron chi connectivity index (χ1n) is 7.87. The summed E-state index contributed by atoms with van der Waals surface area (Å²) in [6, 6.07) is 7.78. The number of hydrogen-bond acceptors (Lipinski definition) is 3. The van der Waals surface area contributed by atoms with Crippen LogP contribution in [0.15, 0.2) is 29.3 Å². The van der Waals surface area contributed by atoms with Gasteiger partial charge in [0, 0.05) is 31.6 Å². The quantitative estimate of drug-likeness (QED) is 0.418. The van der Waals surface area contributed by atoms with Crippen LogP contribution in [0, 0.1) is 0 Å². The van der Waals surface area contributed by atoms with Crippen LogP contribution in [0.5, 0.6) is 0 Å². The average molecular weight is 461 g/mol. The van der Waals surface area contributed by atoms with Gasteiger partial charge >= 0.3 is 0 Å². The van der Waals surface area contributed by atoms with Gasteiger partial charge in [0.15, 0.2) is 11.8 Å². The van der Waals surface area contributed by atoms with E-state index in [0.29, 0.717) is 13.1 Å². The van der Waals surface area contributed by atoms with Crippen molar-refractivity contribution >= 4 is 41.5 Å². The number of aromatic nitrogens is 3. The molecule has 0 unspecified atom stereocenters. The molecule has 0 radical (unpaired) electrons. The number of nitrogens with one attached hydrogen (secondary N) is 2. The summed E-state index contributed by atoms with van der Waals surface area (Å²) in [4.78, 5) is 4.24. The Morgan fingerprint density at radius 2 is 2.00 bits per heavy atom. The lowest BCUT2D eigenvalue weighted by Gasteiger charge is -2.16. The van der Waals surface area contributed by atoms with E-state index >= 15 is 0 Å². The van der Waals surface area contributed by atoms with Gasteiger partial charge in [-0.25, -0.2) is 0 Å². The molecule has 1 aromatic carbocycles. The molecule has 0 amide bonds. The zero-order valence-electron chi connectivity index (χ0n) is 13.6. The van der Waals surface area contributed by atoms with Crippen LogP contribution in [0.1, 0.15) is 30.1 Å². The molecule has 0 atom stereocenters. The zero-order valence-corrected chi connectivity index (χ0v) is 16.7. The number of fused-ring (bicyclic) bond motifs is 1. The lowest BCUT2D eigenvalue weighted by atomic mass is 10.2. The third kappa shape index (κ3) is 4.60. The Morgan fingerprint density at radius 1 is 1.21 bits per heavy atom. The first-order valence-corrected chi connectivity index (χ1v) is 8.24. The van der Waals surface area contributed by atoms with Crippen molar-refractivity contribution in [2.45, 2.75) is 38.9 Å². The van der Waals surface area contributed by atoms with E-state index in [4.69, 9.17) is 11.6 Å². The fourth-order valence-electron chi connectivity index (χ4n) is 2.70. The molecule has 1 aliphatic rings. The number of aryl methyl sites for hydroxylation is 1. The summed E-state index contributed by atoms with van der Waals surface area (Å²) >= 11 is 6.17. The lowest BCUT2D eigenvalue weighted by molar-refractivity contribution is 0.504. The van der Waals surface area contributed by atoms with Crippen LogP contribution in [-0.4, -0.2) is 27.8 Å². The number of aliphatic imine (C=N–C) groups is 1. The van der Waals surface area contributed by atoms with Gasteiger partial charge in [0.1, 0.15) is 5.82 Å². The van der Waals surface area contributed by atoms with Crippen LogP contribution in [0.25, 0.3) is 0 Å². The molecule has 6 nitrogen and oxygen atoms in total. The standard InChI is InChI=1S/C16H21ClN6.HI/c1-18-16(19-10-12-6-2-3-7-13(12)17)20-11-15-22-21-14-8-4-5-9-23(14)15;/h2-3,6-7H,4-5,8-11H2,1H3,(H2,18,19,20);1H. The van der Waals surface area contributed by atoms with Crippen molar-refractivity contribution in [3.63, 3.8) is 0 Å². The number of rotatable bonds is 4. The number of guanidine groups is 1. The van der Waals surface area contributed by atoms with E-state index in [9.17, 15) is 0 Å². The number of nitrogens with zero attached hydrogens (tertiary/aromatic N) is 4. The van der Waals surface area contributed by atoms with Gasteiger partial charge in [-0.15, -0.1) is 34.2 Å². The summed E-state index contributed by atoms with van der Waals surface area (Å²) < 4.78 is 2.21. The predicted octanol–water partition coefficient (Wildman–Crippen LogP) is 2.75. The second-order valence-electron chi connectivity index (χ2n) is 5.51. The van der Waals surface area contributed by atoms with E-state index < -0.39 is 0 Å². The van der Waals surface area contributed by atoms with Crippen molar-refractivity contribution in [3.8, 4) is 0 Å². The number of halogens is 2. The average Bonchev–Trinajstić information content (AvgIpc) is 3.00. The Kier molecular flexibility index (Phi) is 7.29. The van der Waals surface area contributed by atoms with Crippen LogP contribution in [0.4, 0.5) is 0 Å². The van der Waals surface area contributed by atoms with Crippen molar-refractivity contribution in [3.05, 3.63) is 46.5 Å². The van der Waals surface area contributed by atoms with Crippen molar-refractivity contribution in [1.29, 1.82) is 0 Å². The van der Waals surface area contributed by atoms with Gasteiger partial charge in [-0.05, 0) is 24.5 Å². The first kappa shape index (κ1) is 19.0. The monoisotopic (exact) mass is 460 g/mol. The Balaban J connectivity index is 0.00000208. The molecule has 2 aromatic rings. The SMILES string of the molecule is CN=C(NCc1ccccc1Cl)NCc1nnc2n1CCCC2.I. The molecular formula is C16H22ClIN6. The summed E-state index contributed by atoms with van der Waals surface area (Å²) in [7, 11) is 1.75. The molecule has 130 valence electrons. The summed E-state index contributed by atoms with van der Waals surface area (Å²) in [5.74, 6) is 2.77. The van der Waals surface area contributed by atoms with Gasteiger partial charge < -0.3 is 15.2 Å². The Bertz CT molecular complexity index is 700. The molecule has 0 saturated carbocycles. The van der Waals surface area contributed by atoms with Gasteiger partial charge in [-0.1, -0.05) is 29.8 Å². The van der Waals surface area contributed by atoms with Gasteiger partial charge in [-0.2, -0.15) is 0 Å². The second-order valence-corrected chi connectivity index (χ2v) is 5.92. The summed E-state index contributed by atoms with van der Waals surface area (Å²) in [5.41, 5.74) is 1.04. The minimum Gasteiger partial charge on any atom is -0.352 e. The largest absolute Gasteiger partial charge is 0.352 e. The van der Waals surface area contributed by atoms with Crippen molar-refractivity contribution < 1.29 is 0 Å². The van der Waals surface area contributed by atoms with Gasteiger partial charge in [0.2, 0.25) is 0 Å². The molecule has 0 fully saturated rings. The predicted molar refractivity (Wildman–Crippen MR) is 107 cm³/mol. The Morgan fingerprint density at radius 3 is 2.79 bits per heavy atom. The third-order valence-electron chi connectivity index (χ3n) is 3.98. The van der Waals surface area contributed by atoms with Crippen molar-refractivity contribution in [2.24, 2.45) is 4.99 Å². The second kappa shape index (κ2) is 9.22. The van der Waals surface area contributed by atoms with Crippen LogP contribution in [-0.2, 0) is 26.1 Å². The number of benzene rings is 1. The molecule has 2 heterocycles. The highest BCUT2D eigenvalue weighted by Gasteiger charge is 2.15. The molecule has 0 aliphatic carbocycles. The molecule has 3 rings (SSSR count). The number of hydrogen-bond donors (Lipinski definition) is 2. The fraction of sp³-hybridized carbons (Fsp3) is 0.438. The maximum Gasteiger partial charge on any atom is 0.191 e. The topological polar surface area (TPSA) is 67.1 Å².